The normalized spacial score (nSPS) is 11.7. The van der Waals surface area contributed by atoms with Crippen molar-refractivity contribution in [1.82, 2.24) is 14.0 Å². The number of hydrogen-bond acceptors (Lipinski definition) is 2. The van der Waals surface area contributed by atoms with Crippen molar-refractivity contribution in [2.45, 2.75) is 6.92 Å². The number of rotatable bonds is 2. The van der Waals surface area contributed by atoms with Gasteiger partial charge in [0.15, 0.2) is 0 Å². The first kappa shape index (κ1) is 22.4. The number of nitrogens with zero attached hydrogens (tertiary/aromatic N) is 3. The summed E-state index contributed by atoms with van der Waals surface area (Å²) in [7, 11) is 0. The molecule has 0 aliphatic carbocycles. The van der Waals surface area contributed by atoms with Crippen molar-refractivity contribution < 1.29 is 20.1 Å². The average molecular weight is 671 g/mol. The predicted octanol–water partition coefficient (Wildman–Crippen LogP) is 8.57. The molecule has 37 heavy (non-hydrogen) atoms. The molecular formula is C32H20IrN3S-. The molecule has 0 bridgehead atoms. The van der Waals surface area contributed by atoms with Crippen LogP contribution in [-0.2, 0) is 20.1 Å². The first-order valence-corrected chi connectivity index (χ1v) is 12.9. The topological polar surface area (TPSA) is 22.2 Å². The smallest absolute Gasteiger partial charge is 0.0634 e. The van der Waals surface area contributed by atoms with Gasteiger partial charge in [-0.25, -0.2) is 0 Å². The predicted molar refractivity (Wildman–Crippen MR) is 151 cm³/mol. The van der Waals surface area contributed by atoms with Gasteiger partial charge in [0.25, 0.3) is 0 Å². The van der Waals surface area contributed by atoms with E-state index >= 15 is 0 Å². The van der Waals surface area contributed by atoms with Gasteiger partial charge < -0.3 is 8.97 Å². The van der Waals surface area contributed by atoms with Crippen molar-refractivity contribution in [1.29, 1.82) is 0 Å². The van der Waals surface area contributed by atoms with E-state index in [1.807, 2.05) is 6.20 Å². The Hall–Kier alpha value is -3.76. The van der Waals surface area contributed by atoms with Crippen LogP contribution < -0.4 is 0 Å². The van der Waals surface area contributed by atoms with E-state index in [-0.39, 0.29) is 20.1 Å². The van der Waals surface area contributed by atoms with E-state index in [2.05, 4.69) is 118 Å². The van der Waals surface area contributed by atoms with Gasteiger partial charge in [0.05, 0.1) is 22.4 Å². The van der Waals surface area contributed by atoms with Gasteiger partial charge in [0.1, 0.15) is 0 Å². The molecule has 3 nitrogen and oxygen atoms in total. The largest absolute Gasteiger partial charge is 0.333 e. The van der Waals surface area contributed by atoms with Crippen LogP contribution in [0.3, 0.4) is 0 Å². The van der Waals surface area contributed by atoms with Crippen molar-refractivity contribution in [3.8, 4) is 16.9 Å². The Morgan fingerprint density at radius 3 is 2.11 bits per heavy atom. The number of aromatic nitrogens is 3. The van der Waals surface area contributed by atoms with Crippen molar-refractivity contribution in [3.05, 3.63) is 114 Å². The standard InChI is InChI=1S/C32H20N3S.Ir/c1-20-31-25-13-4-7-16-29(25)35-30(18-33-32(35)26(31)19-36-20)21-9-8-10-22(17-21)34-27-14-5-2-11-23(27)24-12-3-6-15-28(24)34;/h2-18H,1H3;/q-1;. The Labute approximate surface area is 231 Å². The van der Waals surface area contributed by atoms with Crippen LogP contribution in [-0.4, -0.2) is 14.0 Å². The number of thiophene rings is 1. The second-order valence-corrected chi connectivity index (χ2v) is 10.3. The molecule has 0 saturated heterocycles. The molecule has 0 aliphatic heterocycles. The molecule has 179 valence electrons. The van der Waals surface area contributed by atoms with Gasteiger partial charge in [0, 0.05) is 53.8 Å². The summed E-state index contributed by atoms with van der Waals surface area (Å²) in [5, 5.41) is 9.66. The van der Waals surface area contributed by atoms with Crippen molar-refractivity contribution >= 4 is 60.5 Å². The maximum atomic E-state index is 4.91. The quantitative estimate of drug-likeness (QED) is 0.169. The Kier molecular flexibility index (Phi) is 5.09. The van der Waals surface area contributed by atoms with Crippen LogP contribution in [0.1, 0.15) is 4.88 Å². The first-order valence-electron chi connectivity index (χ1n) is 12.1. The third-order valence-corrected chi connectivity index (χ3v) is 8.10. The number of imidazole rings is 1. The molecule has 8 aromatic rings. The zero-order valence-electron chi connectivity index (χ0n) is 19.9. The molecule has 0 fully saturated rings. The van der Waals surface area contributed by atoms with E-state index in [0.717, 1.165) is 28.0 Å². The molecule has 0 unspecified atom stereocenters. The fourth-order valence-corrected chi connectivity index (χ4v) is 6.51. The molecular weight excluding hydrogens is 651 g/mol. The average Bonchev–Trinajstić information content (AvgIpc) is 3.63. The minimum atomic E-state index is 0. The molecule has 0 aliphatic rings. The van der Waals surface area contributed by atoms with Gasteiger partial charge in [-0.2, -0.15) is 0 Å². The Morgan fingerprint density at radius 2 is 1.38 bits per heavy atom. The number of pyridine rings is 1. The summed E-state index contributed by atoms with van der Waals surface area (Å²) >= 11 is 1.67. The second-order valence-electron chi connectivity index (χ2n) is 9.25. The molecule has 4 heterocycles. The number of fused-ring (bicyclic) bond motifs is 9. The molecule has 0 N–H and O–H groups in total. The third kappa shape index (κ3) is 3.12. The van der Waals surface area contributed by atoms with E-state index < -0.39 is 0 Å². The summed E-state index contributed by atoms with van der Waals surface area (Å²) < 4.78 is 4.66. The van der Waals surface area contributed by atoms with Gasteiger partial charge in [-0.3, -0.25) is 16.3 Å². The Bertz CT molecular complexity index is 2080. The van der Waals surface area contributed by atoms with Crippen LogP contribution in [0.4, 0.5) is 0 Å². The van der Waals surface area contributed by atoms with Crippen LogP contribution in [0.2, 0.25) is 0 Å². The Morgan fingerprint density at radius 1 is 0.730 bits per heavy atom. The summed E-state index contributed by atoms with van der Waals surface area (Å²) in [6.07, 6.45) is 2.01. The van der Waals surface area contributed by atoms with Crippen molar-refractivity contribution in [2.24, 2.45) is 0 Å². The SMILES string of the molecule is Cc1s[c-]c2c1c1ccccc1n1c(-c3cccc(-n4c5ccccc5c5ccccc54)c3)cnc21.[Ir]. The molecule has 0 spiro atoms. The van der Waals surface area contributed by atoms with E-state index in [4.69, 9.17) is 4.98 Å². The van der Waals surface area contributed by atoms with Crippen LogP contribution >= 0.6 is 11.3 Å². The molecule has 4 aromatic carbocycles. The van der Waals surface area contributed by atoms with Gasteiger partial charge >= 0.3 is 0 Å². The van der Waals surface area contributed by atoms with Gasteiger partial charge in [0.2, 0.25) is 0 Å². The fourth-order valence-electron chi connectivity index (χ4n) is 5.75. The summed E-state index contributed by atoms with van der Waals surface area (Å²) in [6, 6.07) is 34.7. The van der Waals surface area contributed by atoms with Crippen LogP contribution in [0.5, 0.6) is 0 Å². The van der Waals surface area contributed by atoms with Gasteiger partial charge in [-0.15, -0.1) is 10.3 Å². The maximum absolute atomic E-state index is 4.91. The maximum Gasteiger partial charge on any atom is 0.0634 e. The molecule has 0 saturated carbocycles. The number of aryl methyl sites for hydroxylation is 1. The monoisotopic (exact) mass is 671 g/mol. The number of hydrogen-bond donors (Lipinski definition) is 0. The third-order valence-electron chi connectivity index (χ3n) is 7.29. The summed E-state index contributed by atoms with van der Waals surface area (Å²) in [4.78, 5) is 6.19. The molecule has 1 radical (unpaired) electrons. The summed E-state index contributed by atoms with van der Waals surface area (Å²) in [6.45, 7) is 2.17. The molecule has 0 amide bonds. The first-order chi connectivity index (χ1) is 17.8. The minimum absolute atomic E-state index is 0. The number of para-hydroxylation sites is 3. The summed E-state index contributed by atoms with van der Waals surface area (Å²) in [5.74, 6) is 0. The van der Waals surface area contributed by atoms with Crippen LogP contribution in [0, 0.1) is 12.3 Å². The minimum Gasteiger partial charge on any atom is -0.333 e. The van der Waals surface area contributed by atoms with Crippen molar-refractivity contribution in [3.63, 3.8) is 0 Å². The van der Waals surface area contributed by atoms with Crippen molar-refractivity contribution in [2.75, 3.05) is 0 Å². The zero-order chi connectivity index (χ0) is 23.8. The van der Waals surface area contributed by atoms with Gasteiger partial charge in [-0.1, -0.05) is 84.4 Å². The van der Waals surface area contributed by atoms with E-state index in [1.54, 1.807) is 11.3 Å². The van der Waals surface area contributed by atoms with Gasteiger partial charge in [-0.05, 0) is 35.7 Å². The van der Waals surface area contributed by atoms with E-state index in [1.165, 1.54) is 43.0 Å². The van der Waals surface area contributed by atoms with E-state index in [0.29, 0.717) is 0 Å². The molecule has 4 aromatic heterocycles. The Balaban J connectivity index is 0.00000231. The zero-order valence-corrected chi connectivity index (χ0v) is 23.1. The molecule has 8 rings (SSSR count). The molecule has 0 atom stereocenters. The van der Waals surface area contributed by atoms with E-state index in [9.17, 15) is 0 Å². The summed E-state index contributed by atoms with van der Waals surface area (Å²) in [5.41, 5.74) is 7.92. The van der Waals surface area contributed by atoms with Crippen LogP contribution in [0.25, 0.3) is 66.1 Å². The molecule has 5 heteroatoms. The second kappa shape index (κ2) is 8.39. The fraction of sp³-hybridized carbons (Fsp3) is 0.0312. The van der Waals surface area contributed by atoms with Crippen LogP contribution in [0.15, 0.2) is 103 Å². The number of benzene rings is 4.